The fourth-order valence-electron chi connectivity index (χ4n) is 2.07. The number of benzene rings is 1. The van der Waals surface area contributed by atoms with Gasteiger partial charge >= 0.3 is 0 Å². The SMILES string of the molecule is NCCc1nc2c(s1)Cc1cc(F)ccc1-2. The van der Waals surface area contributed by atoms with E-state index in [9.17, 15) is 4.39 Å². The van der Waals surface area contributed by atoms with Crippen LogP contribution in [0, 0.1) is 5.82 Å². The van der Waals surface area contributed by atoms with E-state index in [0.29, 0.717) is 6.54 Å². The van der Waals surface area contributed by atoms with Crippen LogP contribution in [0.15, 0.2) is 18.2 Å². The van der Waals surface area contributed by atoms with Crippen LogP contribution in [0.25, 0.3) is 11.3 Å². The van der Waals surface area contributed by atoms with Crippen molar-refractivity contribution in [2.24, 2.45) is 5.73 Å². The number of nitrogens with two attached hydrogens (primary N) is 1. The van der Waals surface area contributed by atoms with E-state index in [1.807, 2.05) is 6.07 Å². The summed E-state index contributed by atoms with van der Waals surface area (Å²) >= 11 is 1.70. The van der Waals surface area contributed by atoms with Gasteiger partial charge in [-0.25, -0.2) is 9.37 Å². The van der Waals surface area contributed by atoms with E-state index in [-0.39, 0.29) is 5.82 Å². The molecule has 0 saturated carbocycles. The number of fused-ring (bicyclic) bond motifs is 3. The van der Waals surface area contributed by atoms with Crippen LogP contribution in [-0.2, 0) is 12.8 Å². The van der Waals surface area contributed by atoms with Crippen LogP contribution in [0.2, 0.25) is 0 Å². The second-order valence-corrected chi connectivity index (χ2v) is 5.06. The maximum atomic E-state index is 13.1. The summed E-state index contributed by atoms with van der Waals surface area (Å²) < 4.78 is 13.1. The van der Waals surface area contributed by atoms with Gasteiger partial charge in [-0.3, -0.25) is 0 Å². The molecule has 16 heavy (non-hydrogen) atoms. The van der Waals surface area contributed by atoms with Crippen LogP contribution in [0.1, 0.15) is 15.4 Å². The minimum atomic E-state index is -0.170. The number of aromatic nitrogens is 1. The molecule has 0 fully saturated rings. The highest BCUT2D eigenvalue weighted by Gasteiger charge is 2.23. The normalized spacial score (nSPS) is 12.6. The highest BCUT2D eigenvalue weighted by molar-refractivity contribution is 7.12. The van der Waals surface area contributed by atoms with E-state index in [1.165, 1.54) is 10.9 Å². The van der Waals surface area contributed by atoms with Gasteiger partial charge in [0.05, 0.1) is 10.7 Å². The van der Waals surface area contributed by atoms with Crippen LogP contribution < -0.4 is 5.73 Å². The lowest BCUT2D eigenvalue weighted by Crippen LogP contribution is -2.02. The van der Waals surface area contributed by atoms with Gasteiger partial charge in [0.2, 0.25) is 0 Å². The smallest absolute Gasteiger partial charge is 0.123 e. The fraction of sp³-hybridized carbons (Fsp3) is 0.250. The Bertz CT molecular complexity index is 548. The Balaban J connectivity index is 2.06. The Morgan fingerprint density at radius 3 is 3.12 bits per heavy atom. The average molecular weight is 234 g/mol. The lowest BCUT2D eigenvalue weighted by Gasteiger charge is -1.98. The lowest BCUT2D eigenvalue weighted by atomic mass is 10.1. The third kappa shape index (κ3) is 1.45. The summed E-state index contributed by atoms with van der Waals surface area (Å²) in [7, 11) is 0. The monoisotopic (exact) mass is 234 g/mol. The molecule has 82 valence electrons. The van der Waals surface area contributed by atoms with E-state index in [1.54, 1.807) is 17.4 Å². The summed E-state index contributed by atoms with van der Waals surface area (Å²) in [5, 5.41) is 1.09. The van der Waals surface area contributed by atoms with Crippen LogP contribution in [0.4, 0.5) is 4.39 Å². The topological polar surface area (TPSA) is 38.9 Å². The molecule has 3 rings (SSSR count). The molecule has 1 aromatic heterocycles. The predicted molar refractivity (Wildman–Crippen MR) is 63.1 cm³/mol. The molecule has 0 radical (unpaired) electrons. The molecule has 0 amide bonds. The van der Waals surface area contributed by atoms with Crippen molar-refractivity contribution in [3.05, 3.63) is 39.5 Å². The summed E-state index contributed by atoms with van der Waals surface area (Å²) in [4.78, 5) is 5.81. The molecule has 0 saturated heterocycles. The molecular formula is C12H11FN2S. The van der Waals surface area contributed by atoms with Crippen LogP contribution in [-0.4, -0.2) is 11.5 Å². The zero-order chi connectivity index (χ0) is 11.1. The fourth-order valence-corrected chi connectivity index (χ4v) is 3.19. The van der Waals surface area contributed by atoms with Crippen molar-refractivity contribution in [3.63, 3.8) is 0 Å². The maximum Gasteiger partial charge on any atom is 0.123 e. The number of hydrogen-bond donors (Lipinski definition) is 1. The summed E-state index contributed by atoms with van der Waals surface area (Å²) in [5.74, 6) is -0.170. The van der Waals surface area contributed by atoms with E-state index >= 15 is 0 Å². The third-order valence-electron chi connectivity index (χ3n) is 2.77. The van der Waals surface area contributed by atoms with E-state index in [4.69, 9.17) is 5.73 Å². The van der Waals surface area contributed by atoms with E-state index < -0.39 is 0 Å². The molecule has 0 unspecified atom stereocenters. The summed E-state index contributed by atoms with van der Waals surface area (Å²) in [5.41, 5.74) is 8.67. The third-order valence-corrected chi connectivity index (χ3v) is 3.89. The molecule has 4 heteroatoms. The molecule has 2 aromatic rings. The van der Waals surface area contributed by atoms with Gasteiger partial charge in [-0.2, -0.15) is 0 Å². The Kier molecular flexibility index (Phi) is 2.26. The quantitative estimate of drug-likeness (QED) is 0.739. The van der Waals surface area contributed by atoms with Crippen molar-refractivity contribution in [2.45, 2.75) is 12.8 Å². The minimum Gasteiger partial charge on any atom is -0.330 e. The molecule has 2 N–H and O–H groups in total. The highest BCUT2D eigenvalue weighted by Crippen LogP contribution is 2.39. The van der Waals surface area contributed by atoms with Crippen molar-refractivity contribution < 1.29 is 4.39 Å². The summed E-state index contributed by atoms with van der Waals surface area (Å²) in [6.07, 6.45) is 1.64. The Morgan fingerprint density at radius 2 is 2.31 bits per heavy atom. The molecule has 1 heterocycles. The van der Waals surface area contributed by atoms with Gasteiger partial charge < -0.3 is 5.73 Å². The second kappa shape index (κ2) is 3.64. The molecule has 0 spiro atoms. The predicted octanol–water partition coefficient (Wildman–Crippen LogP) is 2.35. The Hall–Kier alpha value is -1.26. The van der Waals surface area contributed by atoms with Gasteiger partial charge in [0.25, 0.3) is 0 Å². The van der Waals surface area contributed by atoms with Crippen molar-refractivity contribution in [1.29, 1.82) is 0 Å². The largest absolute Gasteiger partial charge is 0.330 e. The zero-order valence-electron chi connectivity index (χ0n) is 8.66. The van der Waals surface area contributed by atoms with Crippen LogP contribution in [0.3, 0.4) is 0 Å². The molecule has 1 aliphatic rings. The van der Waals surface area contributed by atoms with Gasteiger partial charge in [-0.05, 0) is 30.3 Å². The molecule has 2 nitrogen and oxygen atoms in total. The standard InChI is InChI=1S/C12H11FN2S/c13-8-1-2-9-7(5-8)6-10-12(9)15-11(16-10)3-4-14/h1-2,5H,3-4,6,14H2. The van der Waals surface area contributed by atoms with Crippen molar-refractivity contribution in [3.8, 4) is 11.3 Å². The molecular weight excluding hydrogens is 223 g/mol. The molecule has 1 aliphatic carbocycles. The second-order valence-electron chi connectivity index (χ2n) is 3.90. The van der Waals surface area contributed by atoms with Crippen molar-refractivity contribution >= 4 is 11.3 Å². The molecule has 1 aromatic carbocycles. The van der Waals surface area contributed by atoms with Gasteiger partial charge in [0.15, 0.2) is 0 Å². The number of nitrogens with zero attached hydrogens (tertiary/aromatic N) is 1. The zero-order valence-corrected chi connectivity index (χ0v) is 9.48. The lowest BCUT2D eigenvalue weighted by molar-refractivity contribution is 0.626. The Labute approximate surface area is 96.9 Å². The highest BCUT2D eigenvalue weighted by atomic mass is 32.1. The molecule has 0 aliphatic heterocycles. The first kappa shape index (κ1) is 9.93. The first-order valence-corrected chi connectivity index (χ1v) is 6.07. The molecule has 0 bridgehead atoms. The van der Waals surface area contributed by atoms with Crippen LogP contribution >= 0.6 is 11.3 Å². The number of halogens is 1. The first-order valence-electron chi connectivity index (χ1n) is 5.25. The van der Waals surface area contributed by atoms with E-state index in [2.05, 4.69) is 4.98 Å². The minimum absolute atomic E-state index is 0.170. The summed E-state index contributed by atoms with van der Waals surface area (Å²) in [6.45, 7) is 0.628. The summed E-state index contributed by atoms with van der Waals surface area (Å²) in [6, 6.07) is 4.92. The Morgan fingerprint density at radius 1 is 1.44 bits per heavy atom. The molecule has 0 atom stereocenters. The maximum absolute atomic E-state index is 13.1. The number of rotatable bonds is 2. The average Bonchev–Trinajstić information content (AvgIpc) is 2.74. The van der Waals surface area contributed by atoms with Crippen LogP contribution in [0.5, 0.6) is 0 Å². The van der Waals surface area contributed by atoms with Gasteiger partial charge in [0, 0.05) is 23.3 Å². The first-order chi connectivity index (χ1) is 7.78. The number of thiazole rings is 1. The number of hydrogen-bond acceptors (Lipinski definition) is 3. The van der Waals surface area contributed by atoms with Gasteiger partial charge in [-0.15, -0.1) is 11.3 Å². The van der Waals surface area contributed by atoms with Crippen molar-refractivity contribution in [2.75, 3.05) is 6.54 Å². The van der Waals surface area contributed by atoms with Gasteiger partial charge in [-0.1, -0.05) is 0 Å². The van der Waals surface area contributed by atoms with E-state index in [0.717, 1.165) is 34.7 Å². The van der Waals surface area contributed by atoms with Crippen molar-refractivity contribution in [1.82, 2.24) is 4.98 Å². The van der Waals surface area contributed by atoms with Gasteiger partial charge in [0.1, 0.15) is 5.82 Å².